The first-order chi connectivity index (χ1) is 9.04. The van der Waals surface area contributed by atoms with Gasteiger partial charge in [-0.05, 0) is 26.2 Å². The lowest BCUT2D eigenvalue weighted by atomic mass is 9.46. The van der Waals surface area contributed by atoms with Gasteiger partial charge < -0.3 is 20.1 Å². The number of hydrogen-bond acceptors (Lipinski definition) is 3. The summed E-state index contributed by atoms with van der Waals surface area (Å²) in [6.45, 7) is 2.91. The van der Waals surface area contributed by atoms with Crippen molar-refractivity contribution in [3.8, 4) is 0 Å². The van der Waals surface area contributed by atoms with Crippen LogP contribution in [0.3, 0.4) is 0 Å². The summed E-state index contributed by atoms with van der Waals surface area (Å²) < 4.78 is 5.84. The second kappa shape index (κ2) is 4.63. The summed E-state index contributed by atoms with van der Waals surface area (Å²) in [5.41, 5.74) is 0.225. The molecule has 0 radical (unpaired) electrons. The van der Waals surface area contributed by atoms with E-state index in [1.165, 1.54) is 19.3 Å². The molecule has 108 valence electrons. The third-order valence-corrected chi connectivity index (χ3v) is 5.20. The molecule has 19 heavy (non-hydrogen) atoms. The number of hydrogen-bond donors (Lipinski definition) is 2. The van der Waals surface area contributed by atoms with Crippen LogP contribution >= 0.6 is 0 Å². The van der Waals surface area contributed by atoms with E-state index in [1.54, 1.807) is 18.9 Å². The predicted molar refractivity (Wildman–Crippen MR) is 70.8 cm³/mol. The Bertz CT molecular complexity index is 368. The molecule has 1 aliphatic heterocycles. The van der Waals surface area contributed by atoms with Crippen LogP contribution in [-0.4, -0.2) is 54.5 Å². The van der Waals surface area contributed by atoms with Crippen LogP contribution < -0.4 is 5.32 Å². The molecule has 1 spiro atoms. The highest BCUT2D eigenvalue weighted by atomic mass is 16.5. The summed E-state index contributed by atoms with van der Waals surface area (Å²) in [7, 11) is 1.73. The average Bonchev–Trinajstić information content (AvgIpc) is 2.67. The van der Waals surface area contributed by atoms with E-state index in [2.05, 4.69) is 5.32 Å². The zero-order valence-corrected chi connectivity index (χ0v) is 11.8. The smallest absolute Gasteiger partial charge is 0.317 e. The molecule has 3 rings (SSSR count). The first kappa shape index (κ1) is 13.2. The molecule has 2 N–H and O–H groups in total. The SMILES string of the molecule is CC(O)CN(C)C(=O)NC1C2CCOC2C12CCC2. The van der Waals surface area contributed by atoms with E-state index in [4.69, 9.17) is 4.74 Å². The topological polar surface area (TPSA) is 61.8 Å². The quantitative estimate of drug-likeness (QED) is 0.801. The lowest BCUT2D eigenvalue weighted by Crippen LogP contribution is -2.72. The van der Waals surface area contributed by atoms with Crippen molar-refractivity contribution in [3.63, 3.8) is 0 Å². The molecule has 0 aromatic heterocycles. The van der Waals surface area contributed by atoms with Gasteiger partial charge in [0.15, 0.2) is 0 Å². The molecule has 2 saturated carbocycles. The number of amides is 2. The molecule has 4 atom stereocenters. The molecule has 3 fully saturated rings. The molecule has 3 aliphatic rings. The molecule has 2 amide bonds. The van der Waals surface area contributed by atoms with Crippen LogP contribution in [-0.2, 0) is 4.74 Å². The molecule has 0 aromatic carbocycles. The van der Waals surface area contributed by atoms with Gasteiger partial charge in [-0.25, -0.2) is 4.79 Å². The Hall–Kier alpha value is -0.810. The first-order valence-corrected chi connectivity index (χ1v) is 7.36. The standard InChI is InChI=1S/C14H24N2O3/c1-9(17)8-16(2)13(18)15-11-10-4-7-19-12(10)14(11)5-3-6-14/h9-12,17H,3-8H2,1-2H3,(H,15,18). The number of nitrogens with zero attached hydrogens (tertiary/aromatic N) is 1. The molecule has 0 aromatic rings. The van der Waals surface area contributed by atoms with Gasteiger partial charge in [0.1, 0.15) is 0 Å². The van der Waals surface area contributed by atoms with Crippen molar-refractivity contribution in [2.45, 2.75) is 50.9 Å². The zero-order chi connectivity index (χ0) is 13.6. The van der Waals surface area contributed by atoms with Crippen LogP contribution in [0, 0.1) is 11.3 Å². The van der Waals surface area contributed by atoms with Gasteiger partial charge in [-0.2, -0.15) is 0 Å². The van der Waals surface area contributed by atoms with Gasteiger partial charge in [0.25, 0.3) is 0 Å². The summed E-state index contributed by atoms with van der Waals surface area (Å²) in [5, 5.41) is 12.5. The van der Waals surface area contributed by atoms with Crippen LogP contribution in [0.4, 0.5) is 4.79 Å². The lowest BCUT2D eigenvalue weighted by Gasteiger charge is -2.63. The minimum Gasteiger partial charge on any atom is -0.392 e. The van der Waals surface area contributed by atoms with Crippen molar-refractivity contribution in [2.24, 2.45) is 11.3 Å². The third-order valence-electron chi connectivity index (χ3n) is 5.20. The van der Waals surface area contributed by atoms with E-state index in [9.17, 15) is 9.90 Å². The number of rotatable bonds is 3. The summed E-state index contributed by atoms with van der Waals surface area (Å²) in [5.74, 6) is 0.504. The third kappa shape index (κ3) is 1.94. The number of carbonyl (C=O) groups is 1. The van der Waals surface area contributed by atoms with E-state index in [-0.39, 0.29) is 17.5 Å². The highest BCUT2D eigenvalue weighted by Crippen LogP contribution is 2.62. The van der Waals surface area contributed by atoms with E-state index < -0.39 is 6.10 Å². The molecular formula is C14H24N2O3. The van der Waals surface area contributed by atoms with E-state index >= 15 is 0 Å². The molecule has 5 heteroatoms. The fourth-order valence-corrected chi connectivity index (χ4v) is 4.18. The maximum absolute atomic E-state index is 12.2. The lowest BCUT2D eigenvalue weighted by molar-refractivity contribution is -0.172. The number of nitrogens with one attached hydrogen (secondary N) is 1. The Morgan fingerprint density at radius 2 is 2.32 bits per heavy atom. The van der Waals surface area contributed by atoms with Crippen molar-refractivity contribution in [2.75, 3.05) is 20.2 Å². The maximum atomic E-state index is 12.2. The second-order valence-corrected chi connectivity index (χ2v) is 6.49. The van der Waals surface area contributed by atoms with Crippen molar-refractivity contribution in [1.29, 1.82) is 0 Å². The average molecular weight is 268 g/mol. The fraction of sp³-hybridized carbons (Fsp3) is 0.929. The maximum Gasteiger partial charge on any atom is 0.317 e. The number of likely N-dealkylation sites (N-methyl/N-ethyl adjacent to an activating group) is 1. The summed E-state index contributed by atoms with van der Waals surface area (Å²) in [4.78, 5) is 13.7. The molecule has 0 bridgehead atoms. The predicted octanol–water partition coefficient (Wildman–Crippen LogP) is 0.966. The second-order valence-electron chi connectivity index (χ2n) is 6.49. The number of fused-ring (bicyclic) bond motifs is 2. The van der Waals surface area contributed by atoms with Gasteiger partial charge >= 0.3 is 6.03 Å². The minimum atomic E-state index is -0.489. The van der Waals surface area contributed by atoms with Gasteiger partial charge in [-0.1, -0.05) is 6.42 Å². The van der Waals surface area contributed by atoms with Gasteiger partial charge in [-0.3, -0.25) is 0 Å². The molecule has 5 nitrogen and oxygen atoms in total. The van der Waals surface area contributed by atoms with Crippen molar-refractivity contribution >= 4 is 6.03 Å². The number of carbonyl (C=O) groups excluding carboxylic acids is 1. The monoisotopic (exact) mass is 268 g/mol. The number of aliphatic hydroxyl groups is 1. The van der Waals surface area contributed by atoms with Gasteiger partial charge in [0.05, 0.1) is 12.2 Å². The molecular weight excluding hydrogens is 244 g/mol. The summed E-state index contributed by atoms with van der Waals surface area (Å²) in [6.07, 6.45) is 4.57. The Balaban J connectivity index is 1.61. The van der Waals surface area contributed by atoms with Crippen LogP contribution in [0.5, 0.6) is 0 Å². The highest BCUT2D eigenvalue weighted by molar-refractivity contribution is 5.74. The van der Waals surface area contributed by atoms with E-state index in [0.717, 1.165) is 13.0 Å². The first-order valence-electron chi connectivity index (χ1n) is 7.36. The van der Waals surface area contributed by atoms with Gasteiger partial charge in [0.2, 0.25) is 0 Å². The fourth-order valence-electron chi connectivity index (χ4n) is 4.18. The van der Waals surface area contributed by atoms with Crippen molar-refractivity contribution < 1.29 is 14.6 Å². The van der Waals surface area contributed by atoms with Gasteiger partial charge in [0, 0.05) is 37.6 Å². The molecule has 2 aliphatic carbocycles. The van der Waals surface area contributed by atoms with E-state index in [1.807, 2.05) is 0 Å². The normalized spacial score (nSPS) is 36.1. The van der Waals surface area contributed by atoms with Crippen molar-refractivity contribution in [3.05, 3.63) is 0 Å². The Morgan fingerprint density at radius 1 is 1.58 bits per heavy atom. The Labute approximate surface area is 114 Å². The van der Waals surface area contributed by atoms with E-state index in [0.29, 0.717) is 18.6 Å². The summed E-state index contributed by atoms with van der Waals surface area (Å²) in [6, 6.07) is 0.209. The van der Waals surface area contributed by atoms with Crippen molar-refractivity contribution in [1.82, 2.24) is 10.2 Å². The number of aliphatic hydroxyl groups excluding tert-OH is 1. The Kier molecular flexibility index (Phi) is 3.21. The summed E-state index contributed by atoms with van der Waals surface area (Å²) >= 11 is 0. The van der Waals surface area contributed by atoms with Crippen LogP contribution in [0.15, 0.2) is 0 Å². The zero-order valence-electron chi connectivity index (χ0n) is 11.8. The van der Waals surface area contributed by atoms with Crippen LogP contribution in [0.2, 0.25) is 0 Å². The minimum absolute atomic E-state index is 0.0671. The van der Waals surface area contributed by atoms with Crippen LogP contribution in [0.25, 0.3) is 0 Å². The number of urea groups is 1. The largest absolute Gasteiger partial charge is 0.392 e. The highest BCUT2D eigenvalue weighted by Gasteiger charge is 2.67. The number of ether oxygens (including phenoxy) is 1. The molecule has 1 saturated heterocycles. The molecule has 1 heterocycles. The molecule has 4 unspecified atom stereocenters. The van der Waals surface area contributed by atoms with Crippen LogP contribution in [0.1, 0.15) is 32.6 Å². The Morgan fingerprint density at radius 3 is 2.89 bits per heavy atom. The van der Waals surface area contributed by atoms with Gasteiger partial charge in [-0.15, -0.1) is 0 Å².